The quantitative estimate of drug-likeness (QED) is 0.783. The van der Waals surface area contributed by atoms with E-state index < -0.39 is 0 Å². The van der Waals surface area contributed by atoms with Crippen LogP contribution in [0.4, 0.5) is 4.39 Å². The van der Waals surface area contributed by atoms with Gasteiger partial charge in [0.1, 0.15) is 5.82 Å². The molecule has 1 saturated heterocycles. The lowest BCUT2D eigenvalue weighted by Gasteiger charge is -2.33. The number of rotatable bonds is 7. The van der Waals surface area contributed by atoms with Gasteiger partial charge in [0.15, 0.2) is 0 Å². The molecule has 118 valence electrons. The minimum absolute atomic E-state index is 0.167. The SMILES string of the molecule is COCCNCC1CCCN(Cc2cc(Cl)ccc2F)C1. The molecule has 0 aliphatic carbocycles. The van der Waals surface area contributed by atoms with Crippen LogP contribution in [-0.4, -0.2) is 44.8 Å². The van der Waals surface area contributed by atoms with Gasteiger partial charge in [0, 0.05) is 37.3 Å². The van der Waals surface area contributed by atoms with Gasteiger partial charge in [0.05, 0.1) is 6.61 Å². The van der Waals surface area contributed by atoms with Gasteiger partial charge >= 0.3 is 0 Å². The summed E-state index contributed by atoms with van der Waals surface area (Å²) in [7, 11) is 1.71. The summed E-state index contributed by atoms with van der Waals surface area (Å²) in [6.45, 7) is 5.30. The first-order chi connectivity index (χ1) is 10.2. The maximum atomic E-state index is 13.8. The molecular weight excluding hydrogens is 291 g/mol. The Balaban J connectivity index is 1.82. The number of benzene rings is 1. The summed E-state index contributed by atoms with van der Waals surface area (Å²) in [4.78, 5) is 2.32. The zero-order valence-corrected chi connectivity index (χ0v) is 13.3. The molecule has 1 aliphatic heterocycles. The van der Waals surface area contributed by atoms with E-state index in [4.69, 9.17) is 16.3 Å². The van der Waals surface area contributed by atoms with Crippen LogP contribution in [0.15, 0.2) is 18.2 Å². The Labute approximate surface area is 131 Å². The second-order valence-electron chi connectivity index (χ2n) is 5.68. The second-order valence-corrected chi connectivity index (χ2v) is 6.11. The van der Waals surface area contributed by atoms with Crippen LogP contribution in [-0.2, 0) is 11.3 Å². The van der Waals surface area contributed by atoms with Crippen molar-refractivity contribution in [2.24, 2.45) is 5.92 Å². The molecule has 1 unspecified atom stereocenters. The predicted molar refractivity (Wildman–Crippen MR) is 84.2 cm³/mol. The highest BCUT2D eigenvalue weighted by Gasteiger charge is 2.20. The van der Waals surface area contributed by atoms with Crippen molar-refractivity contribution in [3.05, 3.63) is 34.6 Å². The first-order valence-corrected chi connectivity index (χ1v) is 7.92. The molecule has 0 spiro atoms. The van der Waals surface area contributed by atoms with Gasteiger partial charge in [-0.15, -0.1) is 0 Å². The van der Waals surface area contributed by atoms with Gasteiger partial charge in [-0.25, -0.2) is 4.39 Å². The average molecular weight is 315 g/mol. The summed E-state index contributed by atoms with van der Waals surface area (Å²) >= 11 is 5.95. The van der Waals surface area contributed by atoms with Crippen LogP contribution in [0.25, 0.3) is 0 Å². The molecular formula is C16H24ClFN2O. The van der Waals surface area contributed by atoms with Crippen LogP contribution < -0.4 is 5.32 Å². The molecule has 0 radical (unpaired) electrons. The highest BCUT2D eigenvalue weighted by Crippen LogP contribution is 2.21. The fourth-order valence-corrected chi connectivity index (χ4v) is 3.04. The summed E-state index contributed by atoms with van der Waals surface area (Å²) in [5.74, 6) is 0.456. The van der Waals surface area contributed by atoms with Gasteiger partial charge in [0.25, 0.3) is 0 Å². The van der Waals surface area contributed by atoms with Crippen LogP contribution in [0.3, 0.4) is 0 Å². The maximum absolute atomic E-state index is 13.8. The minimum Gasteiger partial charge on any atom is -0.383 e. The number of ether oxygens (including phenoxy) is 1. The van der Waals surface area contributed by atoms with Crippen molar-refractivity contribution in [2.75, 3.05) is 39.9 Å². The zero-order chi connectivity index (χ0) is 15.1. The van der Waals surface area contributed by atoms with Gasteiger partial charge in [-0.3, -0.25) is 4.90 Å². The number of nitrogens with zero attached hydrogens (tertiary/aromatic N) is 1. The lowest BCUT2D eigenvalue weighted by molar-refractivity contribution is 0.158. The monoisotopic (exact) mass is 314 g/mol. The molecule has 1 atom stereocenters. The molecule has 2 rings (SSSR count). The summed E-state index contributed by atoms with van der Waals surface area (Å²) in [5.41, 5.74) is 0.690. The van der Waals surface area contributed by atoms with Gasteiger partial charge in [-0.2, -0.15) is 0 Å². The molecule has 1 aromatic carbocycles. The Morgan fingerprint density at radius 3 is 3.14 bits per heavy atom. The Kier molecular flexibility index (Phi) is 6.90. The largest absolute Gasteiger partial charge is 0.383 e. The highest BCUT2D eigenvalue weighted by molar-refractivity contribution is 6.30. The molecule has 1 heterocycles. The van der Waals surface area contributed by atoms with E-state index in [0.29, 0.717) is 23.0 Å². The number of hydrogen-bond donors (Lipinski definition) is 1. The van der Waals surface area contributed by atoms with Crippen molar-refractivity contribution < 1.29 is 9.13 Å². The molecule has 0 amide bonds. The van der Waals surface area contributed by atoms with Crippen molar-refractivity contribution in [3.8, 4) is 0 Å². The lowest BCUT2D eigenvalue weighted by atomic mass is 9.97. The third-order valence-corrected chi connectivity index (χ3v) is 4.16. The maximum Gasteiger partial charge on any atom is 0.127 e. The molecule has 0 aromatic heterocycles. The molecule has 0 bridgehead atoms. The third-order valence-electron chi connectivity index (χ3n) is 3.92. The fourth-order valence-electron chi connectivity index (χ4n) is 2.85. The molecule has 21 heavy (non-hydrogen) atoms. The molecule has 5 heteroatoms. The third kappa shape index (κ3) is 5.55. The van der Waals surface area contributed by atoms with E-state index in [1.54, 1.807) is 19.2 Å². The van der Waals surface area contributed by atoms with Crippen molar-refractivity contribution in [1.29, 1.82) is 0 Å². The number of nitrogens with one attached hydrogen (secondary N) is 1. The van der Waals surface area contributed by atoms with Crippen LogP contribution in [0.1, 0.15) is 18.4 Å². The first kappa shape index (κ1) is 16.7. The number of methoxy groups -OCH3 is 1. The van der Waals surface area contributed by atoms with Gasteiger partial charge in [0.2, 0.25) is 0 Å². The van der Waals surface area contributed by atoms with Gasteiger partial charge < -0.3 is 10.1 Å². The van der Waals surface area contributed by atoms with Crippen LogP contribution >= 0.6 is 11.6 Å². The molecule has 0 saturated carbocycles. The molecule has 1 aliphatic rings. The van der Waals surface area contributed by atoms with Gasteiger partial charge in [-0.1, -0.05) is 11.6 Å². The van der Waals surface area contributed by atoms with E-state index in [-0.39, 0.29) is 5.82 Å². The summed E-state index contributed by atoms with van der Waals surface area (Å²) < 4.78 is 18.8. The Hall–Kier alpha value is -0.680. The lowest BCUT2D eigenvalue weighted by Crippen LogP contribution is -2.39. The van der Waals surface area contributed by atoms with E-state index >= 15 is 0 Å². The van der Waals surface area contributed by atoms with E-state index in [9.17, 15) is 4.39 Å². The second kappa shape index (κ2) is 8.69. The molecule has 3 nitrogen and oxygen atoms in total. The fraction of sp³-hybridized carbons (Fsp3) is 0.625. The van der Waals surface area contributed by atoms with Crippen molar-refractivity contribution in [2.45, 2.75) is 19.4 Å². The number of hydrogen-bond acceptors (Lipinski definition) is 3. The van der Waals surface area contributed by atoms with E-state index in [2.05, 4.69) is 10.2 Å². The van der Waals surface area contributed by atoms with Crippen LogP contribution in [0.5, 0.6) is 0 Å². The number of likely N-dealkylation sites (tertiary alicyclic amines) is 1. The Morgan fingerprint density at radius 2 is 2.33 bits per heavy atom. The standard InChI is InChI=1S/C16H24ClFN2O/c1-21-8-6-19-10-13-3-2-7-20(11-13)12-14-9-15(17)4-5-16(14)18/h4-5,9,13,19H,2-3,6-8,10-12H2,1H3. The predicted octanol–water partition coefficient (Wildman–Crippen LogP) is 2.93. The molecule has 1 N–H and O–H groups in total. The smallest absolute Gasteiger partial charge is 0.127 e. The minimum atomic E-state index is -0.167. The van der Waals surface area contributed by atoms with Crippen molar-refractivity contribution >= 4 is 11.6 Å². The van der Waals surface area contributed by atoms with Crippen molar-refractivity contribution in [1.82, 2.24) is 10.2 Å². The number of piperidine rings is 1. The Morgan fingerprint density at radius 1 is 1.48 bits per heavy atom. The summed E-state index contributed by atoms with van der Waals surface area (Å²) in [5, 5.41) is 4.01. The van der Waals surface area contributed by atoms with Crippen LogP contribution in [0.2, 0.25) is 5.02 Å². The van der Waals surface area contributed by atoms with Gasteiger partial charge in [-0.05, 0) is 50.0 Å². The van der Waals surface area contributed by atoms with E-state index in [1.807, 2.05) is 0 Å². The highest BCUT2D eigenvalue weighted by atomic mass is 35.5. The summed E-state index contributed by atoms with van der Waals surface area (Å²) in [6, 6.07) is 4.78. The normalized spacial score (nSPS) is 19.9. The summed E-state index contributed by atoms with van der Waals surface area (Å²) in [6.07, 6.45) is 2.40. The van der Waals surface area contributed by atoms with E-state index in [0.717, 1.165) is 32.8 Å². The number of halogens is 2. The van der Waals surface area contributed by atoms with E-state index in [1.165, 1.54) is 18.9 Å². The topological polar surface area (TPSA) is 24.5 Å². The van der Waals surface area contributed by atoms with Crippen LogP contribution in [0, 0.1) is 11.7 Å². The average Bonchev–Trinajstić information content (AvgIpc) is 2.48. The molecule has 1 fully saturated rings. The Bertz CT molecular complexity index is 444. The first-order valence-electron chi connectivity index (χ1n) is 7.55. The van der Waals surface area contributed by atoms with Crippen molar-refractivity contribution in [3.63, 3.8) is 0 Å². The molecule has 1 aromatic rings. The zero-order valence-electron chi connectivity index (χ0n) is 12.6.